The van der Waals surface area contributed by atoms with E-state index in [9.17, 15) is 9.59 Å². The first-order valence-electron chi connectivity index (χ1n) is 8.03. The highest BCUT2D eigenvalue weighted by Crippen LogP contribution is 2.29. The van der Waals surface area contributed by atoms with Gasteiger partial charge in [0, 0.05) is 12.1 Å². The molecule has 3 aromatic rings. The molecule has 0 aliphatic rings. The summed E-state index contributed by atoms with van der Waals surface area (Å²) in [5.41, 5.74) is 1.85. The van der Waals surface area contributed by atoms with Crippen LogP contribution in [0.3, 0.4) is 0 Å². The number of aromatic nitrogens is 1. The van der Waals surface area contributed by atoms with Crippen molar-refractivity contribution in [2.75, 3.05) is 6.54 Å². The fraction of sp³-hybridized carbons (Fsp3) is 0.211. The number of nitrogens with zero attached hydrogens (tertiary/aromatic N) is 1. The lowest BCUT2D eigenvalue weighted by molar-refractivity contribution is -0.128. The molecule has 25 heavy (non-hydrogen) atoms. The molecule has 1 heterocycles. The van der Waals surface area contributed by atoms with Crippen LogP contribution >= 0.6 is 0 Å². The third-order valence-corrected chi connectivity index (χ3v) is 3.75. The average Bonchev–Trinajstić information content (AvgIpc) is 3.05. The molecular weight excluding hydrogens is 320 g/mol. The molecule has 3 rings (SSSR count). The Morgan fingerprint density at radius 3 is 2.68 bits per heavy atom. The van der Waals surface area contributed by atoms with Crippen LogP contribution in [0.15, 0.2) is 53.1 Å². The van der Waals surface area contributed by atoms with E-state index in [-0.39, 0.29) is 5.91 Å². The predicted octanol–water partition coefficient (Wildman–Crippen LogP) is 3.18. The lowest BCUT2D eigenvalue weighted by Crippen LogP contribution is -2.35. The summed E-state index contributed by atoms with van der Waals surface area (Å²) in [4.78, 5) is 24.0. The molecule has 1 N–H and O–H groups in total. The van der Waals surface area contributed by atoms with E-state index in [2.05, 4.69) is 10.5 Å². The Morgan fingerprint density at radius 2 is 1.96 bits per heavy atom. The van der Waals surface area contributed by atoms with Gasteiger partial charge < -0.3 is 14.6 Å². The smallest absolute Gasteiger partial charge is 0.338 e. The molecule has 0 saturated carbocycles. The maximum atomic E-state index is 12.3. The van der Waals surface area contributed by atoms with Gasteiger partial charge in [-0.15, -0.1) is 0 Å². The van der Waals surface area contributed by atoms with Crippen molar-refractivity contribution < 1.29 is 18.8 Å². The maximum Gasteiger partial charge on any atom is 0.338 e. The Kier molecular flexibility index (Phi) is 4.79. The zero-order chi connectivity index (χ0) is 17.8. The molecule has 1 aromatic heterocycles. The summed E-state index contributed by atoms with van der Waals surface area (Å²) in [5, 5.41) is 7.35. The third-order valence-electron chi connectivity index (χ3n) is 3.75. The molecule has 1 atom stereocenters. The van der Waals surface area contributed by atoms with Crippen molar-refractivity contribution in [3.05, 3.63) is 54.1 Å². The molecule has 6 heteroatoms. The van der Waals surface area contributed by atoms with Gasteiger partial charge in [-0.2, -0.15) is 0 Å². The van der Waals surface area contributed by atoms with Crippen LogP contribution in [0.4, 0.5) is 0 Å². The van der Waals surface area contributed by atoms with E-state index in [0.717, 1.165) is 5.56 Å². The van der Waals surface area contributed by atoms with Crippen LogP contribution < -0.4 is 5.32 Å². The number of hydrogen-bond donors (Lipinski definition) is 1. The standard InChI is InChI=1S/C19H18N2O4/c1-3-20-18(22)12(2)24-19(23)14-9-10-16-15(11-14)17(25-21-16)13-7-5-4-6-8-13/h4-12H,3H2,1-2H3,(H,20,22)/t12-/m1/s1. The van der Waals surface area contributed by atoms with E-state index >= 15 is 0 Å². The number of ether oxygens (including phenoxy) is 1. The number of rotatable bonds is 5. The van der Waals surface area contributed by atoms with E-state index in [1.54, 1.807) is 25.1 Å². The van der Waals surface area contributed by atoms with E-state index in [1.165, 1.54) is 6.92 Å². The van der Waals surface area contributed by atoms with Gasteiger partial charge in [-0.05, 0) is 32.0 Å². The molecule has 6 nitrogen and oxygen atoms in total. The van der Waals surface area contributed by atoms with Crippen LogP contribution in [-0.2, 0) is 9.53 Å². The van der Waals surface area contributed by atoms with Crippen molar-refractivity contribution in [1.29, 1.82) is 0 Å². The Morgan fingerprint density at radius 1 is 1.20 bits per heavy atom. The minimum Gasteiger partial charge on any atom is -0.449 e. The first-order valence-corrected chi connectivity index (χ1v) is 8.03. The van der Waals surface area contributed by atoms with Crippen molar-refractivity contribution in [3.63, 3.8) is 0 Å². The Balaban J connectivity index is 1.88. The monoisotopic (exact) mass is 338 g/mol. The molecule has 0 fully saturated rings. The lowest BCUT2D eigenvalue weighted by Gasteiger charge is -2.12. The average molecular weight is 338 g/mol. The molecule has 0 bridgehead atoms. The molecule has 1 amide bonds. The molecular formula is C19H18N2O4. The van der Waals surface area contributed by atoms with Gasteiger partial charge in [-0.25, -0.2) is 4.79 Å². The summed E-state index contributed by atoms with van der Waals surface area (Å²) in [6, 6.07) is 14.5. The molecule has 128 valence electrons. The van der Waals surface area contributed by atoms with Crippen LogP contribution in [-0.4, -0.2) is 29.7 Å². The number of fused-ring (bicyclic) bond motifs is 1. The summed E-state index contributed by atoms with van der Waals surface area (Å²) in [6.07, 6.45) is -0.862. The number of nitrogens with one attached hydrogen (secondary N) is 1. The molecule has 0 aliphatic carbocycles. The third kappa shape index (κ3) is 3.52. The van der Waals surface area contributed by atoms with Gasteiger partial charge in [-0.3, -0.25) is 4.79 Å². The van der Waals surface area contributed by atoms with Crippen LogP contribution in [0.5, 0.6) is 0 Å². The van der Waals surface area contributed by atoms with Crippen molar-refractivity contribution in [2.24, 2.45) is 0 Å². The Hall–Kier alpha value is -3.15. The maximum absolute atomic E-state index is 12.3. The highest BCUT2D eigenvalue weighted by Gasteiger charge is 2.20. The molecule has 0 aliphatic heterocycles. The molecule has 0 spiro atoms. The zero-order valence-electron chi connectivity index (χ0n) is 14.0. The SMILES string of the molecule is CCNC(=O)[C@@H](C)OC(=O)c1ccc2noc(-c3ccccc3)c2c1. The van der Waals surface area contributed by atoms with E-state index in [4.69, 9.17) is 9.26 Å². The van der Waals surface area contributed by atoms with Gasteiger partial charge >= 0.3 is 5.97 Å². The summed E-state index contributed by atoms with van der Waals surface area (Å²) in [6.45, 7) is 3.82. The molecule has 0 unspecified atom stereocenters. The van der Waals surface area contributed by atoms with Gasteiger partial charge in [0.1, 0.15) is 5.52 Å². The number of likely N-dealkylation sites (N-methyl/N-ethyl adjacent to an activating group) is 1. The predicted molar refractivity (Wildman–Crippen MR) is 93.0 cm³/mol. The number of carbonyl (C=O) groups is 2. The van der Waals surface area contributed by atoms with Gasteiger partial charge in [0.25, 0.3) is 5.91 Å². The minimum atomic E-state index is -0.862. The van der Waals surface area contributed by atoms with Crippen molar-refractivity contribution >= 4 is 22.8 Å². The lowest BCUT2D eigenvalue weighted by atomic mass is 10.1. The summed E-state index contributed by atoms with van der Waals surface area (Å²) in [5.74, 6) is -0.310. The number of benzene rings is 2. The van der Waals surface area contributed by atoms with Crippen LogP contribution in [0.25, 0.3) is 22.2 Å². The summed E-state index contributed by atoms with van der Waals surface area (Å²) >= 11 is 0. The van der Waals surface area contributed by atoms with Gasteiger partial charge in [0.2, 0.25) is 0 Å². The molecule has 0 saturated heterocycles. The van der Waals surface area contributed by atoms with Crippen LogP contribution in [0.1, 0.15) is 24.2 Å². The zero-order valence-corrected chi connectivity index (χ0v) is 14.0. The van der Waals surface area contributed by atoms with Crippen molar-refractivity contribution in [3.8, 4) is 11.3 Å². The number of esters is 1. The second-order valence-corrected chi connectivity index (χ2v) is 5.55. The fourth-order valence-electron chi connectivity index (χ4n) is 2.47. The van der Waals surface area contributed by atoms with Gasteiger partial charge in [-0.1, -0.05) is 35.5 Å². The normalized spacial score (nSPS) is 11.9. The first-order chi connectivity index (χ1) is 12.1. The second-order valence-electron chi connectivity index (χ2n) is 5.55. The molecule has 0 radical (unpaired) electrons. The largest absolute Gasteiger partial charge is 0.449 e. The minimum absolute atomic E-state index is 0.327. The van der Waals surface area contributed by atoms with Crippen molar-refractivity contribution in [1.82, 2.24) is 10.5 Å². The topological polar surface area (TPSA) is 81.4 Å². The van der Waals surface area contributed by atoms with E-state index in [0.29, 0.717) is 28.8 Å². The fourth-order valence-corrected chi connectivity index (χ4v) is 2.47. The van der Waals surface area contributed by atoms with Crippen LogP contribution in [0.2, 0.25) is 0 Å². The van der Waals surface area contributed by atoms with Gasteiger partial charge in [0.15, 0.2) is 11.9 Å². The number of carbonyl (C=O) groups excluding carboxylic acids is 2. The van der Waals surface area contributed by atoms with Crippen molar-refractivity contribution in [2.45, 2.75) is 20.0 Å². The Bertz CT molecular complexity index is 902. The highest BCUT2D eigenvalue weighted by molar-refractivity contribution is 5.99. The molecule has 2 aromatic carbocycles. The summed E-state index contributed by atoms with van der Waals surface area (Å²) < 4.78 is 10.6. The van der Waals surface area contributed by atoms with Crippen LogP contribution in [0, 0.1) is 0 Å². The highest BCUT2D eigenvalue weighted by atomic mass is 16.5. The number of hydrogen-bond acceptors (Lipinski definition) is 5. The second kappa shape index (κ2) is 7.17. The van der Waals surface area contributed by atoms with E-state index in [1.807, 2.05) is 30.3 Å². The first kappa shape index (κ1) is 16.7. The Labute approximate surface area is 144 Å². The number of amides is 1. The summed E-state index contributed by atoms with van der Waals surface area (Å²) in [7, 11) is 0. The van der Waals surface area contributed by atoms with Gasteiger partial charge in [0.05, 0.1) is 10.9 Å². The quantitative estimate of drug-likeness (QED) is 0.723. The van der Waals surface area contributed by atoms with E-state index < -0.39 is 12.1 Å².